The summed E-state index contributed by atoms with van der Waals surface area (Å²) in [5.41, 5.74) is 6.82. The van der Waals surface area contributed by atoms with Crippen LogP contribution in [0.4, 0.5) is 0 Å². The zero-order valence-electron chi connectivity index (χ0n) is 10.0. The van der Waals surface area contributed by atoms with Crippen LogP contribution >= 0.6 is 12.2 Å². The Balaban J connectivity index is 2.21. The van der Waals surface area contributed by atoms with Gasteiger partial charge in [0, 0.05) is 23.7 Å². The Bertz CT molecular complexity index is 472. The molecule has 4 nitrogen and oxygen atoms in total. The summed E-state index contributed by atoms with van der Waals surface area (Å²) in [6.07, 6.45) is 2.03. The maximum atomic E-state index is 12.3. The molecular weight excluding hydrogens is 248 g/mol. The largest absolute Gasteiger partial charge is 0.395 e. The number of rotatable bonds is 5. The number of nitrogens with zero attached hydrogens (tertiary/aromatic N) is 1. The molecule has 0 aliphatic heterocycles. The molecule has 0 saturated heterocycles. The lowest BCUT2D eigenvalue weighted by Gasteiger charge is -2.21. The smallest absolute Gasteiger partial charge is 0.254 e. The maximum absolute atomic E-state index is 12.3. The van der Waals surface area contributed by atoms with Gasteiger partial charge in [-0.2, -0.15) is 0 Å². The summed E-state index contributed by atoms with van der Waals surface area (Å²) < 4.78 is 0. The number of aliphatic hydroxyl groups excluding tert-OH is 1. The molecule has 0 atom stereocenters. The Morgan fingerprint density at radius 3 is 2.67 bits per heavy atom. The second-order valence-electron chi connectivity index (χ2n) is 4.40. The van der Waals surface area contributed by atoms with Crippen molar-refractivity contribution in [3.8, 4) is 0 Å². The highest BCUT2D eigenvalue weighted by atomic mass is 32.1. The topological polar surface area (TPSA) is 66.6 Å². The van der Waals surface area contributed by atoms with E-state index in [4.69, 9.17) is 23.1 Å². The average molecular weight is 264 g/mol. The molecule has 1 aromatic carbocycles. The lowest BCUT2D eigenvalue weighted by atomic mass is 10.1. The second kappa shape index (κ2) is 5.46. The molecule has 0 spiro atoms. The summed E-state index contributed by atoms with van der Waals surface area (Å²) >= 11 is 4.90. The number of thiocarbonyl (C=S) groups is 1. The van der Waals surface area contributed by atoms with Crippen molar-refractivity contribution in [1.29, 1.82) is 0 Å². The van der Waals surface area contributed by atoms with Gasteiger partial charge in [-0.3, -0.25) is 4.79 Å². The third-order valence-corrected chi connectivity index (χ3v) is 3.22. The molecule has 0 aromatic heterocycles. The highest BCUT2D eigenvalue weighted by molar-refractivity contribution is 7.80. The molecule has 0 radical (unpaired) electrons. The summed E-state index contributed by atoms with van der Waals surface area (Å²) in [5, 5.41) is 9.02. The molecule has 1 amide bonds. The van der Waals surface area contributed by atoms with Crippen LogP contribution in [-0.2, 0) is 0 Å². The van der Waals surface area contributed by atoms with Gasteiger partial charge in [0.1, 0.15) is 4.99 Å². The Hall–Kier alpha value is -1.46. The van der Waals surface area contributed by atoms with Crippen LogP contribution in [0.25, 0.3) is 0 Å². The van der Waals surface area contributed by atoms with Crippen molar-refractivity contribution in [3.05, 3.63) is 35.4 Å². The molecule has 2 rings (SSSR count). The van der Waals surface area contributed by atoms with Crippen LogP contribution in [-0.4, -0.2) is 40.1 Å². The molecule has 0 bridgehead atoms. The van der Waals surface area contributed by atoms with Gasteiger partial charge in [0.2, 0.25) is 0 Å². The first kappa shape index (κ1) is 13.0. The summed E-state index contributed by atoms with van der Waals surface area (Å²) in [4.78, 5) is 14.3. The minimum Gasteiger partial charge on any atom is -0.395 e. The third kappa shape index (κ3) is 2.86. The summed E-state index contributed by atoms with van der Waals surface area (Å²) in [6.45, 7) is 0.359. The van der Waals surface area contributed by atoms with Crippen molar-refractivity contribution in [2.45, 2.75) is 18.9 Å². The lowest BCUT2D eigenvalue weighted by Crippen LogP contribution is -2.35. The number of hydrogen-bond donors (Lipinski definition) is 2. The van der Waals surface area contributed by atoms with Crippen LogP contribution in [0, 0.1) is 0 Å². The molecule has 1 aliphatic carbocycles. The van der Waals surface area contributed by atoms with Crippen LogP contribution in [0.2, 0.25) is 0 Å². The number of aliphatic hydroxyl groups is 1. The summed E-state index contributed by atoms with van der Waals surface area (Å²) in [5.74, 6) is -0.0651. The number of benzene rings is 1. The van der Waals surface area contributed by atoms with Crippen LogP contribution < -0.4 is 5.73 Å². The Labute approximate surface area is 111 Å². The van der Waals surface area contributed by atoms with Gasteiger partial charge in [0.25, 0.3) is 5.91 Å². The van der Waals surface area contributed by atoms with Gasteiger partial charge in [-0.1, -0.05) is 24.4 Å². The van der Waals surface area contributed by atoms with E-state index in [1.165, 1.54) is 0 Å². The highest BCUT2D eigenvalue weighted by Gasteiger charge is 2.32. The molecule has 1 aromatic rings. The van der Waals surface area contributed by atoms with Crippen molar-refractivity contribution in [3.63, 3.8) is 0 Å². The Morgan fingerprint density at radius 2 is 2.11 bits per heavy atom. The van der Waals surface area contributed by atoms with Crippen LogP contribution in [0.15, 0.2) is 24.3 Å². The van der Waals surface area contributed by atoms with E-state index in [-0.39, 0.29) is 23.5 Å². The molecular formula is C13H16N2O2S. The van der Waals surface area contributed by atoms with Gasteiger partial charge in [-0.05, 0) is 25.0 Å². The van der Waals surface area contributed by atoms with Crippen molar-refractivity contribution >= 4 is 23.1 Å². The Kier molecular flexibility index (Phi) is 3.93. The quantitative estimate of drug-likeness (QED) is 0.776. The predicted octanol–water partition coefficient (Wildman–Crippen LogP) is 0.918. The van der Waals surface area contributed by atoms with Crippen LogP contribution in [0.5, 0.6) is 0 Å². The van der Waals surface area contributed by atoms with E-state index >= 15 is 0 Å². The van der Waals surface area contributed by atoms with Gasteiger partial charge in [-0.25, -0.2) is 0 Å². The van der Waals surface area contributed by atoms with Gasteiger partial charge in [0.15, 0.2) is 0 Å². The van der Waals surface area contributed by atoms with E-state index in [1.54, 1.807) is 29.2 Å². The van der Waals surface area contributed by atoms with Gasteiger partial charge < -0.3 is 15.7 Å². The summed E-state index contributed by atoms with van der Waals surface area (Å²) in [6, 6.07) is 7.28. The average Bonchev–Trinajstić information content (AvgIpc) is 3.19. The number of nitrogens with two attached hydrogens (primary N) is 1. The first-order valence-corrected chi connectivity index (χ1v) is 6.36. The fraction of sp³-hybridized carbons (Fsp3) is 0.385. The molecule has 1 saturated carbocycles. The van der Waals surface area contributed by atoms with E-state index in [1.807, 2.05) is 0 Å². The molecule has 0 heterocycles. The molecule has 3 N–H and O–H groups in total. The SMILES string of the molecule is NC(=S)c1cccc(C(=O)N(CCO)C2CC2)c1. The third-order valence-electron chi connectivity index (χ3n) is 2.98. The van der Waals surface area contributed by atoms with E-state index in [2.05, 4.69) is 0 Å². The number of carbonyl (C=O) groups excluding carboxylic acids is 1. The fourth-order valence-electron chi connectivity index (χ4n) is 1.92. The predicted molar refractivity (Wildman–Crippen MR) is 73.5 cm³/mol. The summed E-state index contributed by atoms with van der Waals surface area (Å²) in [7, 11) is 0. The Morgan fingerprint density at radius 1 is 1.44 bits per heavy atom. The van der Waals surface area contributed by atoms with E-state index in [9.17, 15) is 4.79 Å². The fourth-order valence-corrected chi connectivity index (χ4v) is 2.04. The van der Waals surface area contributed by atoms with Crippen molar-refractivity contribution < 1.29 is 9.90 Å². The molecule has 5 heteroatoms. The molecule has 1 fully saturated rings. The van der Waals surface area contributed by atoms with Crippen molar-refractivity contribution in [2.24, 2.45) is 5.73 Å². The van der Waals surface area contributed by atoms with Gasteiger partial charge in [0.05, 0.1) is 6.61 Å². The van der Waals surface area contributed by atoms with Gasteiger partial charge in [-0.15, -0.1) is 0 Å². The normalized spacial score (nSPS) is 14.3. The van der Waals surface area contributed by atoms with E-state index in [0.717, 1.165) is 12.8 Å². The number of hydrogen-bond acceptors (Lipinski definition) is 3. The first-order valence-electron chi connectivity index (χ1n) is 5.95. The minimum atomic E-state index is -0.0651. The monoisotopic (exact) mass is 264 g/mol. The molecule has 0 unspecified atom stereocenters. The van der Waals surface area contributed by atoms with Crippen molar-refractivity contribution in [1.82, 2.24) is 4.90 Å². The maximum Gasteiger partial charge on any atom is 0.254 e. The zero-order valence-corrected chi connectivity index (χ0v) is 10.8. The molecule has 96 valence electrons. The van der Waals surface area contributed by atoms with E-state index < -0.39 is 0 Å². The first-order chi connectivity index (χ1) is 8.63. The highest BCUT2D eigenvalue weighted by Crippen LogP contribution is 2.28. The zero-order chi connectivity index (χ0) is 13.1. The molecule has 1 aliphatic rings. The van der Waals surface area contributed by atoms with E-state index in [0.29, 0.717) is 17.7 Å². The standard InChI is InChI=1S/C13H16N2O2S/c14-12(18)9-2-1-3-10(8-9)13(17)15(6-7-16)11-4-5-11/h1-3,8,11,16H,4-7H2,(H2,14,18). The van der Waals surface area contributed by atoms with Crippen LogP contribution in [0.3, 0.4) is 0 Å². The number of amides is 1. The second-order valence-corrected chi connectivity index (χ2v) is 4.84. The van der Waals surface area contributed by atoms with Gasteiger partial charge >= 0.3 is 0 Å². The van der Waals surface area contributed by atoms with Crippen molar-refractivity contribution in [2.75, 3.05) is 13.2 Å². The minimum absolute atomic E-state index is 0.0166. The lowest BCUT2D eigenvalue weighted by molar-refractivity contribution is 0.0707. The number of carbonyl (C=O) groups is 1. The molecule has 18 heavy (non-hydrogen) atoms. The van der Waals surface area contributed by atoms with Crippen LogP contribution in [0.1, 0.15) is 28.8 Å².